The lowest BCUT2D eigenvalue weighted by atomic mass is 10.2. The highest BCUT2D eigenvalue weighted by Crippen LogP contribution is 2.25. The quantitative estimate of drug-likeness (QED) is 0.897. The largest absolute Gasteiger partial charge is 0.494 e. The third-order valence-electron chi connectivity index (χ3n) is 2.54. The van der Waals surface area contributed by atoms with Crippen molar-refractivity contribution in [3.63, 3.8) is 0 Å². The van der Waals surface area contributed by atoms with Crippen molar-refractivity contribution in [1.29, 1.82) is 0 Å². The molecule has 94 valence electrons. The van der Waals surface area contributed by atoms with Gasteiger partial charge in [0.15, 0.2) is 0 Å². The molecule has 0 unspecified atom stereocenters. The van der Waals surface area contributed by atoms with Gasteiger partial charge < -0.3 is 9.72 Å². The van der Waals surface area contributed by atoms with E-state index in [4.69, 9.17) is 4.74 Å². The second-order valence-electron chi connectivity index (χ2n) is 4.22. The van der Waals surface area contributed by atoms with E-state index in [9.17, 15) is 4.79 Å². The average Bonchev–Trinajstić information content (AvgIpc) is 2.38. The monoisotopic (exact) mass is 245 g/mol. The number of aromatic nitrogens is 3. The summed E-state index contributed by atoms with van der Waals surface area (Å²) in [5.41, 5.74) is 0.921. The Morgan fingerprint density at radius 2 is 2.17 bits per heavy atom. The second kappa shape index (κ2) is 5.00. The number of aromatic amines is 1. The van der Waals surface area contributed by atoms with Crippen LogP contribution in [0.1, 0.15) is 25.6 Å². The number of rotatable bonds is 3. The van der Waals surface area contributed by atoms with Crippen LogP contribution in [0.2, 0.25) is 0 Å². The number of pyridine rings is 1. The van der Waals surface area contributed by atoms with Crippen molar-refractivity contribution < 1.29 is 4.74 Å². The summed E-state index contributed by atoms with van der Waals surface area (Å²) in [7, 11) is 1.57. The molecule has 0 saturated carbocycles. The molecule has 2 aromatic heterocycles. The van der Waals surface area contributed by atoms with Gasteiger partial charge in [-0.25, -0.2) is 4.98 Å². The van der Waals surface area contributed by atoms with Crippen LogP contribution in [0.25, 0.3) is 11.4 Å². The molecule has 18 heavy (non-hydrogen) atoms. The van der Waals surface area contributed by atoms with E-state index in [-0.39, 0.29) is 11.5 Å². The molecular weight excluding hydrogens is 230 g/mol. The Morgan fingerprint density at radius 3 is 2.83 bits per heavy atom. The highest BCUT2D eigenvalue weighted by atomic mass is 16.5. The Morgan fingerprint density at radius 1 is 1.39 bits per heavy atom. The van der Waals surface area contributed by atoms with Crippen molar-refractivity contribution in [1.82, 2.24) is 15.0 Å². The third kappa shape index (κ3) is 2.40. The predicted molar refractivity (Wildman–Crippen MR) is 68.7 cm³/mol. The molecule has 0 radical (unpaired) electrons. The summed E-state index contributed by atoms with van der Waals surface area (Å²) < 4.78 is 5.23. The van der Waals surface area contributed by atoms with Gasteiger partial charge in [0.1, 0.15) is 23.0 Å². The second-order valence-corrected chi connectivity index (χ2v) is 4.22. The Kier molecular flexibility index (Phi) is 3.41. The van der Waals surface area contributed by atoms with Crippen LogP contribution in [-0.2, 0) is 0 Å². The maximum Gasteiger partial charge on any atom is 0.251 e. The predicted octanol–water partition coefficient (Wildman–Crippen LogP) is 1.96. The number of hydrogen-bond donors (Lipinski definition) is 1. The molecule has 1 N–H and O–H groups in total. The molecule has 0 amide bonds. The van der Waals surface area contributed by atoms with E-state index in [1.165, 1.54) is 6.07 Å². The fourth-order valence-electron chi connectivity index (χ4n) is 1.62. The topological polar surface area (TPSA) is 67.9 Å². The first-order valence-corrected chi connectivity index (χ1v) is 5.72. The van der Waals surface area contributed by atoms with E-state index in [1.807, 2.05) is 13.8 Å². The molecule has 0 bridgehead atoms. The summed E-state index contributed by atoms with van der Waals surface area (Å²) in [4.78, 5) is 23.0. The lowest BCUT2D eigenvalue weighted by Gasteiger charge is -2.09. The van der Waals surface area contributed by atoms with Crippen molar-refractivity contribution in [3.05, 3.63) is 40.6 Å². The van der Waals surface area contributed by atoms with E-state index in [2.05, 4.69) is 15.0 Å². The molecule has 0 fully saturated rings. The molecule has 2 rings (SSSR count). The number of ether oxygens (including phenoxy) is 1. The van der Waals surface area contributed by atoms with Gasteiger partial charge in [-0.3, -0.25) is 9.78 Å². The van der Waals surface area contributed by atoms with Crippen LogP contribution < -0.4 is 10.3 Å². The van der Waals surface area contributed by atoms with Crippen LogP contribution in [-0.4, -0.2) is 22.1 Å². The van der Waals surface area contributed by atoms with Crippen LogP contribution >= 0.6 is 0 Å². The summed E-state index contributed by atoms with van der Waals surface area (Å²) in [5.74, 6) is 1.39. The number of H-pyrrole nitrogens is 1. The molecule has 0 aromatic carbocycles. The Bertz CT molecular complexity index is 605. The van der Waals surface area contributed by atoms with Crippen LogP contribution in [0.3, 0.4) is 0 Å². The lowest BCUT2D eigenvalue weighted by molar-refractivity contribution is 0.414. The number of nitrogens with one attached hydrogen (secondary N) is 1. The molecule has 0 aliphatic carbocycles. The van der Waals surface area contributed by atoms with Crippen LogP contribution in [0, 0.1) is 0 Å². The maximum absolute atomic E-state index is 11.6. The minimum atomic E-state index is -0.184. The van der Waals surface area contributed by atoms with Gasteiger partial charge in [0.2, 0.25) is 0 Å². The Labute approximate surface area is 105 Å². The molecule has 2 heterocycles. The average molecular weight is 245 g/mol. The van der Waals surface area contributed by atoms with Gasteiger partial charge in [0.25, 0.3) is 5.56 Å². The van der Waals surface area contributed by atoms with Gasteiger partial charge in [-0.05, 0) is 12.1 Å². The van der Waals surface area contributed by atoms with Gasteiger partial charge >= 0.3 is 0 Å². The van der Waals surface area contributed by atoms with Gasteiger partial charge in [-0.15, -0.1) is 0 Å². The summed E-state index contributed by atoms with van der Waals surface area (Å²) in [6.07, 6.45) is 1.65. The van der Waals surface area contributed by atoms with E-state index in [0.29, 0.717) is 23.0 Å². The first-order valence-electron chi connectivity index (χ1n) is 5.72. The fourth-order valence-corrected chi connectivity index (χ4v) is 1.62. The van der Waals surface area contributed by atoms with E-state index < -0.39 is 0 Å². The van der Waals surface area contributed by atoms with Gasteiger partial charge in [0, 0.05) is 18.2 Å². The molecule has 0 spiro atoms. The van der Waals surface area contributed by atoms with Gasteiger partial charge in [0.05, 0.1) is 7.11 Å². The standard InChI is InChI=1S/C13H15N3O2/c1-8(2)13-15-9(7-11(17)16-13)12-10(18-3)5-4-6-14-12/h4-8H,1-3H3,(H,15,16,17). The molecule has 0 saturated heterocycles. The zero-order chi connectivity index (χ0) is 13.1. The van der Waals surface area contributed by atoms with Gasteiger partial charge in [-0.2, -0.15) is 0 Å². The summed E-state index contributed by atoms with van der Waals surface area (Å²) >= 11 is 0. The number of methoxy groups -OCH3 is 1. The van der Waals surface area contributed by atoms with Crippen molar-refractivity contribution in [3.8, 4) is 17.1 Å². The van der Waals surface area contributed by atoms with E-state index in [0.717, 1.165) is 0 Å². The van der Waals surface area contributed by atoms with Crippen molar-refractivity contribution >= 4 is 0 Å². The minimum absolute atomic E-state index is 0.146. The molecule has 2 aromatic rings. The Hall–Kier alpha value is -2.17. The normalized spacial score (nSPS) is 10.7. The first-order chi connectivity index (χ1) is 8.61. The smallest absolute Gasteiger partial charge is 0.251 e. The molecular formula is C13H15N3O2. The zero-order valence-corrected chi connectivity index (χ0v) is 10.6. The molecule has 0 atom stereocenters. The fraction of sp³-hybridized carbons (Fsp3) is 0.308. The van der Waals surface area contributed by atoms with E-state index in [1.54, 1.807) is 25.4 Å². The zero-order valence-electron chi connectivity index (χ0n) is 10.6. The maximum atomic E-state index is 11.6. The first kappa shape index (κ1) is 12.3. The highest BCUT2D eigenvalue weighted by Gasteiger charge is 2.11. The molecule has 0 aliphatic heterocycles. The highest BCUT2D eigenvalue weighted by molar-refractivity contribution is 5.61. The summed E-state index contributed by atoms with van der Waals surface area (Å²) in [6, 6.07) is 5.00. The van der Waals surface area contributed by atoms with Crippen LogP contribution in [0.5, 0.6) is 5.75 Å². The Balaban J connectivity index is 2.60. The SMILES string of the molecule is COc1cccnc1-c1cc(=O)[nH]c(C(C)C)n1. The van der Waals surface area contributed by atoms with E-state index >= 15 is 0 Å². The molecule has 0 aliphatic rings. The summed E-state index contributed by atoms with van der Waals surface area (Å²) in [6.45, 7) is 3.94. The van der Waals surface area contributed by atoms with Gasteiger partial charge in [-0.1, -0.05) is 13.8 Å². The van der Waals surface area contributed by atoms with Crippen molar-refractivity contribution in [2.24, 2.45) is 0 Å². The van der Waals surface area contributed by atoms with Crippen molar-refractivity contribution in [2.75, 3.05) is 7.11 Å². The van der Waals surface area contributed by atoms with Crippen LogP contribution in [0.4, 0.5) is 0 Å². The third-order valence-corrected chi connectivity index (χ3v) is 2.54. The molecule has 5 heteroatoms. The van der Waals surface area contributed by atoms with Crippen LogP contribution in [0.15, 0.2) is 29.2 Å². The minimum Gasteiger partial charge on any atom is -0.494 e. The number of hydrogen-bond acceptors (Lipinski definition) is 4. The molecule has 5 nitrogen and oxygen atoms in total. The summed E-state index contributed by atoms with van der Waals surface area (Å²) in [5, 5.41) is 0. The van der Waals surface area contributed by atoms with Crippen molar-refractivity contribution in [2.45, 2.75) is 19.8 Å². The number of nitrogens with zero attached hydrogens (tertiary/aromatic N) is 2. The lowest BCUT2D eigenvalue weighted by Crippen LogP contribution is -2.12.